The Bertz CT molecular complexity index is 2920. The van der Waals surface area contributed by atoms with Gasteiger partial charge in [0.1, 0.15) is 0 Å². The molecule has 9 rings (SSSR count). The molecule has 5 nitrogen and oxygen atoms in total. The van der Waals surface area contributed by atoms with Gasteiger partial charge in [0.25, 0.3) is 0 Å². The first-order valence-electron chi connectivity index (χ1n) is 16.2. The highest BCUT2D eigenvalue weighted by Crippen LogP contribution is 2.45. The van der Waals surface area contributed by atoms with Gasteiger partial charge in [-0.25, -0.2) is 9.69 Å². The molecule has 0 amide bonds. The quantitative estimate of drug-likeness (QED) is 0.177. The fourth-order valence-corrected chi connectivity index (χ4v) is 7.49. The molecule has 0 aliphatic carbocycles. The standard InChI is InChI=1S/C45H25N5/c1-47-39-24-23-30(49-41-19-8-5-14-33(41)34-15-6-9-20-42(34)49)27-37(39)32-13-4-3-12-31(32)36-17-11-18-40(48-2)45(36)50-43-21-10-7-16-35(43)38-26-29(28-46)22-25-44(38)50/h3-27H. The van der Waals surface area contributed by atoms with Gasteiger partial charge in [-0.05, 0) is 70.8 Å². The number of rotatable bonds is 4. The van der Waals surface area contributed by atoms with Crippen LogP contribution in [0, 0.1) is 24.5 Å². The van der Waals surface area contributed by atoms with Crippen molar-refractivity contribution in [2.45, 2.75) is 0 Å². The molecule has 9 aromatic rings. The normalized spacial score (nSPS) is 11.1. The molecule has 0 saturated heterocycles. The number of hydrogen-bond acceptors (Lipinski definition) is 1. The maximum Gasteiger partial charge on any atom is 0.211 e. The van der Waals surface area contributed by atoms with Crippen LogP contribution < -0.4 is 0 Å². The molecule has 2 aromatic heterocycles. The molecule has 0 aliphatic rings. The average molecular weight is 636 g/mol. The molecule has 2 heterocycles. The minimum absolute atomic E-state index is 0.508. The molecule has 50 heavy (non-hydrogen) atoms. The van der Waals surface area contributed by atoms with Crippen LogP contribution >= 0.6 is 0 Å². The van der Waals surface area contributed by atoms with E-state index in [9.17, 15) is 5.26 Å². The fraction of sp³-hybridized carbons (Fsp3) is 0. The van der Waals surface area contributed by atoms with Crippen LogP contribution in [0.4, 0.5) is 11.4 Å². The Morgan fingerprint density at radius 1 is 0.440 bits per heavy atom. The van der Waals surface area contributed by atoms with Crippen LogP contribution in [0.15, 0.2) is 152 Å². The Morgan fingerprint density at radius 3 is 1.62 bits per heavy atom. The monoisotopic (exact) mass is 635 g/mol. The smallest absolute Gasteiger partial charge is 0.211 e. The summed E-state index contributed by atoms with van der Waals surface area (Å²) in [6, 6.07) is 53.0. The van der Waals surface area contributed by atoms with E-state index >= 15 is 0 Å². The third-order valence-corrected chi connectivity index (χ3v) is 9.61. The van der Waals surface area contributed by atoms with Gasteiger partial charge in [-0.3, -0.25) is 0 Å². The van der Waals surface area contributed by atoms with Gasteiger partial charge >= 0.3 is 0 Å². The number of fused-ring (bicyclic) bond motifs is 6. The number of aromatic nitrogens is 2. The van der Waals surface area contributed by atoms with Crippen LogP contribution in [-0.4, -0.2) is 9.13 Å². The lowest BCUT2D eigenvalue weighted by atomic mass is 9.92. The largest absolute Gasteiger partial charge is 0.318 e. The van der Waals surface area contributed by atoms with Gasteiger partial charge in [-0.15, -0.1) is 0 Å². The van der Waals surface area contributed by atoms with E-state index < -0.39 is 0 Å². The van der Waals surface area contributed by atoms with Crippen molar-refractivity contribution in [2.75, 3.05) is 0 Å². The van der Waals surface area contributed by atoms with Crippen molar-refractivity contribution in [3.63, 3.8) is 0 Å². The maximum atomic E-state index is 9.71. The van der Waals surface area contributed by atoms with Crippen molar-refractivity contribution in [1.29, 1.82) is 5.26 Å². The number of nitrogens with zero attached hydrogens (tertiary/aromatic N) is 5. The van der Waals surface area contributed by atoms with Gasteiger partial charge in [0.05, 0.1) is 52.5 Å². The summed E-state index contributed by atoms with van der Waals surface area (Å²) in [7, 11) is 0. The van der Waals surface area contributed by atoms with E-state index in [1.54, 1.807) is 0 Å². The van der Waals surface area contributed by atoms with Crippen LogP contribution in [0.25, 0.3) is 86.9 Å². The van der Waals surface area contributed by atoms with Crippen molar-refractivity contribution in [3.8, 4) is 39.7 Å². The summed E-state index contributed by atoms with van der Waals surface area (Å²) in [4.78, 5) is 8.02. The molecular weight excluding hydrogens is 611 g/mol. The van der Waals surface area contributed by atoms with E-state index in [1.807, 2.05) is 66.7 Å². The molecule has 230 valence electrons. The fourth-order valence-electron chi connectivity index (χ4n) is 7.49. The van der Waals surface area contributed by atoms with Gasteiger partial charge in [-0.2, -0.15) is 5.26 Å². The van der Waals surface area contributed by atoms with Crippen molar-refractivity contribution < 1.29 is 0 Å². The Hall–Kier alpha value is -7.39. The first-order chi connectivity index (χ1) is 24.7. The summed E-state index contributed by atoms with van der Waals surface area (Å²) in [5, 5.41) is 14.0. The van der Waals surface area contributed by atoms with Crippen LogP contribution in [0.1, 0.15) is 5.56 Å². The SMILES string of the molecule is [C-]#[N+]c1ccc(-n2c3ccccc3c3ccccc32)cc1-c1ccccc1-c1cccc([N+]#[C-])c1-n1c2ccccc2c2cc(C#N)ccc21. The average Bonchev–Trinajstić information content (AvgIpc) is 3.69. The van der Waals surface area contributed by atoms with E-state index in [1.165, 1.54) is 10.8 Å². The Labute approximate surface area is 288 Å². The first kappa shape index (κ1) is 28.8. The Kier molecular flexibility index (Phi) is 6.56. The summed E-state index contributed by atoms with van der Waals surface area (Å²) >= 11 is 0. The van der Waals surface area contributed by atoms with Crippen molar-refractivity contribution in [1.82, 2.24) is 9.13 Å². The van der Waals surface area contributed by atoms with Gasteiger partial charge in [0.2, 0.25) is 5.69 Å². The number of para-hydroxylation sites is 4. The lowest BCUT2D eigenvalue weighted by Crippen LogP contribution is -1.99. The van der Waals surface area contributed by atoms with Gasteiger partial charge in [0, 0.05) is 27.2 Å². The van der Waals surface area contributed by atoms with Crippen LogP contribution in [-0.2, 0) is 0 Å². The number of hydrogen-bond donors (Lipinski definition) is 0. The second kappa shape index (κ2) is 11.4. The maximum absolute atomic E-state index is 9.71. The number of nitriles is 1. The molecule has 0 aliphatic heterocycles. The zero-order chi connectivity index (χ0) is 33.8. The first-order valence-corrected chi connectivity index (χ1v) is 16.2. The molecule has 0 radical (unpaired) electrons. The van der Waals surface area contributed by atoms with Crippen molar-refractivity contribution in [3.05, 3.63) is 180 Å². The third-order valence-electron chi connectivity index (χ3n) is 9.61. The summed E-state index contributed by atoms with van der Waals surface area (Å²) in [6.45, 7) is 16.5. The molecule has 0 N–H and O–H groups in total. The van der Waals surface area contributed by atoms with Gasteiger partial charge in [-0.1, -0.05) is 103 Å². The third kappa shape index (κ3) is 4.24. The van der Waals surface area contributed by atoms with Gasteiger partial charge < -0.3 is 9.13 Å². The summed E-state index contributed by atoms with van der Waals surface area (Å²) in [5.74, 6) is 0. The molecule has 0 fully saturated rings. The molecule has 0 unspecified atom stereocenters. The van der Waals surface area contributed by atoms with Crippen LogP contribution in [0.3, 0.4) is 0 Å². The second-order valence-corrected chi connectivity index (χ2v) is 12.2. The van der Waals surface area contributed by atoms with E-state index in [4.69, 9.17) is 13.1 Å². The van der Waals surface area contributed by atoms with E-state index in [0.29, 0.717) is 16.9 Å². The molecule has 5 heteroatoms. The van der Waals surface area contributed by atoms with E-state index in [0.717, 1.165) is 66.5 Å². The molecule has 0 saturated carbocycles. The number of benzene rings is 7. The Balaban J connectivity index is 1.33. The highest BCUT2D eigenvalue weighted by Gasteiger charge is 2.22. The molecule has 0 bridgehead atoms. The van der Waals surface area contributed by atoms with Gasteiger partial charge in [0.15, 0.2) is 5.69 Å². The highest BCUT2D eigenvalue weighted by molar-refractivity contribution is 6.12. The zero-order valence-corrected chi connectivity index (χ0v) is 26.7. The zero-order valence-electron chi connectivity index (χ0n) is 26.7. The van der Waals surface area contributed by atoms with Crippen molar-refractivity contribution in [2.24, 2.45) is 0 Å². The predicted octanol–water partition coefficient (Wildman–Crippen LogP) is 12.2. The summed E-state index contributed by atoms with van der Waals surface area (Å²) in [6.07, 6.45) is 0. The molecule has 0 spiro atoms. The van der Waals surface area contributed by atoms with Crippen LogP contribution in [0.2, 0.25) is 0 Å². The topological polar surface area (TPSA) is 42.4 Å². The van der Waals surface area contributed by atoms with E-state index in [2.05, 4.69) is 110 Å². The lowest BCUT2D eigenvalue weighted by molar-refractivity contribution is 1.18. The van der Waals surface area contributed by atoms with E-state index in [-0.39, 0.29) is 0 Å². The summed E-state index contributed by atoms with van der Waals surface area (Å²) < 4.78 is 4.42. The highest BCUT2D eigenvalue weighted by atomic mass is 15.0. The van der Waals surface area contributed by atoms with Crippen LogP contribution in [0.5, 0.6) is 0 Å². The van der Waals surface area contributed by atoms with Crippen molar-refractivity contribution >= 4 is 55.0 Å². The molecule has 7 aromatic carbocycles. The minimum atomic E-state index is 0.508. The summed E-state index contributed by atoms with van der Waals surface area (Å²) in [5.41, 5.74) is 10.9. The predicted molar refractivity (Wildman–Crippen MR) is 203 cm³/mol. The molecular formula is C45H25N5. The molecule has 0 atom stereocenters. The Morgan fingerprint density at radius 2 is 0.980 bits per heavy atom. The lowest BCUT2D eigenvalue weighted by Gasteiger charge is -2.19. The minimum Gasteiger partial charge on any atom is -0.318 e. The second-order valence-electron chi connectivity index (χ2n) is 12.2.